The molecule has 0 aromatic carbocycles. The molecule has 0 aromatic rings. The summed E-state index contributed by atoms with van der Waals surface area (Å²) in [6, 6.07) is 0. The molecule has 5 nitrogen and oxygen atoms in total. The van der Waals surface area contributed by atoms with Crippen molar-refractivity contribution in [2.24, 2.45) is 0 Å². The summed E-state index contributed by atoms with van der Waals surface area (Å²) in [7, 11) is -3.12. The second-order valence-electron chi connectivity index (χ2n) is 4.64. The van der Waals surface area contributed by atoms with Gasteiger partial charge in [-0.05, 0) is 19.8 Å². The van der Waals surface area contributed by atoms with Crippen LogP contribution < -0.4 is 0 Å². The Morgan fingerprint density at radius 3 is 2.44 bits per heavy atom. The Morgan fingerprint density at radius 1 is 1.11 bits per heavy atom. The fourth-order valence-electron chi connectivity index (χ4n) is 2.09. The summed E-state index contributed by atoms with van der Waals surface area (Å²) >= 11 is 0. The number of sulfonamides is 1. The van der Waals surface area contributed by atoms with E-state index in [2.05, 4.69) is 6.92 Å². The van der Waals surface area contributed by atoms with Gasteiger partial charge < -0.3 is 4.90 Å². The van der Waals surface area contributed by atoms with Gasteiger partial charge in [-0.3, -0.25) is 4.79 Å². The molecule has 0 saturated carbocycles. The summed E-state index contributed by atoms with van der Waals surface area (Å²) in [5.74, 6) is 0.296. The molecule has 1 fully saturated rings. The van der Waals surface area contributed by atoms with E-state index >= 15 is 0 Å². The van der Waals surface area contributed by atoms with E-state index in [-0.39, 0.29) is 11.7 Å². The zero-order valence-corrected chi connectivity index (χ0v) is 12.2. The third kappa shape index (κ3) is 4.24. The Hall–Kier alpha value is -0.620. The largest absolute Gasteiger partial charge is 0.341 e. The van der Waals surface area contributed by atoms with Gasteiger partial charge in [0.05, 0.1) is 5.75 Å². The highest BCUT2D eigenvalue weighted by molar-refractivity contribution is 7.89. The minimum atomic E-state index is -3.12. The van der Waals surface area contributed by atoms with Crippen molar-refractivity contribution in [3.8, 4) is 0 Å². The molecule has 18 heavy (non-hydrogen) atoms. The van der Waals surface area contributed by atoms with Crippen LogP contribution in [-0.4, -0.2) is 55.5 Å². The first-order valence-corrected chi connectivity index (χ1v) is 8.37. The van der Waals surface area contributed by atoms with E-state index < -0.39 is 10.0 Å². The van der Waals surface area contributed by atoms with Gasteiger partial charge in [0, 0.05) is 32.6 Å². The first-order chi connectivity index (χ1) is 8.51. The monoisotopic (exact) mass is 276 g/mol. The van der Waals surface area contributed by atoms with Gasteiger partial charge >= 0.3 is 0 Å². The lowest BCUT2D eigenvalue weighted by Gasteiger charge is -2.21. The van der Waals surface area contributed by atoms with Crippen LogP contribution in [0.3, 0.4) is 0 Å². The van der Waals surface area contributed by atoms with E-state index in [4.69, 9.17) is 0 Å². The lowest BCUT2D eigenvalue weighted by Crippen LogP contribution is -2.37. The maximum Gasteiger partial charge on any atom is 0.222 e. The van der Waals surface area contributed by atoms with E-state index in [1.165, 1.54) is 4.31 Å². The molecular weight excluding hydrogens is 252 g/mol. The minimum Gasteiger partial charge on any atom is -0.341 e. The predicted octanol–water partition coefficient (Wildman–Crippen LogP) is 1.06. The maximum atomic E-state index is 11.9. The third-order valence-electron chi connectivity index (χ3n) is 3.31. The Balaban J connectivity index is 2.53. The second kappa shape index (κ2) is 7.09. The van der Waals surface area contributed by atoms with Crippen molar-refractivity contribution in [2.75, 3.05) is 31.9 Å². The van der Waals surface area contributed by atoms with Crippen molar-refractivity contribution in [2.45, 2.75) is 39.5 Å². The zero-order valence-electron chi connectivity index (χ0n) is 11.4. The molecular formula is C12H24N2O3S. The van der Waals surface area contributed by atoms with Crippen LogP contribution in [0.1, 0.15) is 39.5 Å². The van der Waals surface area contributed by atoms with Crippen LogP contribution in [0.2, 0.25) is 0 Å². The number of amides is 1. The Labute approximate surface area is 110 Å². The number of rotatable bonds is 5. The number of hydrogen-bond donors (Lipinski definition) is 0. The quantitative estimate of drug-likeness (QED) is 0.754. The van der Waals surface area contributed by atoms with Crippen LogP contribution in [-0.2, 0) is 14.8 Å². The SMILES string of the molecule is CCCCC(=O)N1CCCN(S(=O)(=O)CC)CC1. The molecule has 1 amide bonds. The van der Waals surface area contributed by atoms with E-state index in [1.807, 2.05) is 0 Å². The molecule has 1 aliphatic rings. The van der Waals surface area contributed by atoms with Gasteiger partial charge in [0.25, 0.3) is 0 Å². The van der Waals surface area contributed by atoms with Crippen molar-refractivity contribution in [1.82, 2.24) is 9.21 Å². The zero-order chi connectivity index (χ0) is 13.6. The summed E-state index contributed by atoms with van der Waals surface area (Å²) in [5, 5.41) is 0. The molecule has 0 radical (unpaired) electrons. The highest BCUT2D eigenvalue weighted by Gasteiger charge is 2.24. The molecule has 0 bridgehead atoms. The summed E-state index contributed by atoms with van der Waals surface area (Å²) < 4.78 is 25.1. The first-order valence-electron chi connectivity index (χ1n) is 6.76. The average Bonchev–Trinajstić information content (AvgIpc) is 2.62. The summed E-state index contributed by atoms with van der Waals surface area (Å²) in [4.78, 5) is 13.7. The number of hydrogen-bond acceptors (Lipinski definition) is 3. The number of nitrogens with zero attached hydrogens (tertiary/aromatic N) is 2. The number of carbonyl (C=O) groups excluding carboxylic acids is 1. The smallest absolute Gasteiger partial charge is 0.222 e. The van der Waals surface area contributed by atoms with Crippen molar-refractivity contribution in [3.05, 3.63) is 0 Å². The van der Waals surface area contributed by atoms with Crippen molar-refractivity contribution >= 4 is 15.9 Å². The number of carbonyl (C=O) groups is 1. The Kier molecular flexibility index (Phi) is 6.08. The van der Waals surface area contributed by atoms with Gasteiger partial charge in [-0.1, -0.05) is 13.3 Å². The lowest BCUT2D eigenvalue weighted by molar-refractivity contribution is -0.131. The van der Waals surface area contributed by atoms with E-state index in [0.717, 1.165) is 19.3 Å². The van der Waals surface area contributed by atoms with Gasteiger partial charge in [0.1, 0.15) is 0 Å². The predicted molar refractivity (Wildman–Crippen MR) is 71.8 cm³/mol. The van der Waals surface area contributed by atoms with Crippen LogP contribution in [0, 0.1) is 0 Å². The average molecular weight is 276 g/mol. The maximum absolute atomic E-state index is 11.9. The highest BCUT2D eigenvalue weighted by atomic mass is 32.2. The summed E-state index contributed by atoms with van der Waals surface area (Å²) in [6.07, 6.45) is 3.23. The molecule has 0 atom stereocenters. The Morgan fingerprint density at radius 2 is 1.83 bits per heavy atom. The van der Waals surface area contributed by atoms with Crippen LogP contribution in [0.4, 0.5) is 0 Å². The minimum absolute atomic E-state index is 0.136. The molecule has 0 aliphatic carbocycles. The molecule has 0 unspecified atom stereocenters. The van der Waals surface area contributed by atoms with Crippen LogP contribution >= 0.6 is 0 Å². The molecule has 0 aromatic heterocycles. The molecule has 106 valence electrons. The van der Waals surface area contributed by atoms with Crippen LogP contribution in [0.5, 0.6) is 0 Å². The molecule has 0 N–H and O–H groups in total. The van der Waals surface area contributed by atoms with E-state index in [1.54, 1.807) is 11.8 Å². The fourth-order valence-corrected chi connectivity index (χ4v) is 3.22. The normalized spacial score (nSPS) is 18.7. The first kappa shape index (κ1) is 15.4. The van der Waals surface area contributed by atoms with Crippen molar-refractivity contribution in [3.63, 3.8) is 0 Å². The molecule has 1 aliphatic heterocycles. The van der Waals surface area contributed by atoms with Gasteiger partial charge in [-0.25, -0.2) is 12.7 Å². The lowest BCUT2D eigenvalue weighted by atomic mass is 10.2. The molecule has 1 saturated heterocycles. The highest BCUT2D eigenvalue weighted by Crippen LogP contribution is 2.10. The number of unbranched alkanes of at least 4 members (excludes halogenated alkanes) is 1. The van der Waals surface area contributed by atoms with Crippen LogP contribution in [0.15, 0.2) is 0 Å². The van der Waals surface area contributed by atoms with E-state index in [0.29, 0.717) is 32.6 Å². The third-order valence-corrected chi connectivity index (χ3v) is 5.19. The van der Waals surface area contributed by atoms with Crippen molar-refractivity contribution in [1.29, 1.82) is 0 Å². The van der Waals surface area contributed by atoms with Crippen molar-refractivity contribution < 1.29 is 13.2 Å². The van der Waals surface area contributed by atoms with Gasteiger partial charge in [-0.2, -0.15) is 0 Å². The molecule has 1 rings (SSSR count). The Bertz CT molecular complexity index is 368. The standard InChI is InChI=1S/C12H24N2O3S/c1-3-5-7-12(15)13-8-6-9-14(11-10-13)18(16,17)4-2/h3-11H2,1-2H3. The fraction of sp³-hybridized carbons (Fsp3) is 0.917. The molecule has 1 heterocycles. The van der Waals surface area contributed by atoms with Gasteiger partial charge in [-0.15, -0.1) is 0 Å². The van der Waals surface area contributed by atoms with Crippen LogP contribution in [0.25, 0.3) is 0 Å². The second-order valence-corrected chi connectivity index (χ2v) is 6.90. The summed E-state index contributed by atoms with van der Waals surface area (Å²) in [5.41, 5.74) is 0. The topological polar surface area (TPSA) is 57.7 Å². The van der Waals surface area contributed by atoms with Gasteiger partial charge in [0.15, 0.2) is 0 Å². The van der Waals surface area contributed by atoms with E-state index in [9.17, 15) is 13.2 Å². The van der Waals surface area contributed by atoms with Gasteiger partial charge in [0.2, 0.25) is 15.9 Å². The molecule has 6 heteroatoms. The summed E-state index contributed by atoms with van der Waals surface area (Å²) in [6.45, 7) is 5.90. The molecule has 0 spiro atoms.